The number of hydrogen-bond acceptors (Lipinski definition) is 2. The Balaban J connectivity index is 2.18. The number of nitrogens with zero attached hydrogens (tertiary/aromatic N) is 2. The van der Waals surface area contributed by atoms with Crippen molar-refractivity contribution in [3.05, 3.63) is 29.8 Å². The first-order valence-electron chi connectivity index (χ1n) is 5.75. The fourth-order valence-electron chi connectivity index (χ4n) is 1.96. The molecule has 1 atom stereocenters. The van der Waals surface area contributed by atoms with Gasteiger partial charge < -0.3 is 9.80 Å². The van der Waals surface area contributed by atoms with E-state index in [0.717, 1.165) is 5.69 Å². The molecule has 1 aliphatic heterocycles. The zero-order valence-electron chi connectivity index (χ0n) is 10.4. The first kappa shape index (κ1) is 13.1. The molecule has 1 saturated heterocycles. The minimum atomic E-state index is -0.0346. The van der Waals surface area contributed by atoms with Gasteiger partial charge in [0.05, 0.1) is 0 Å². The monoisotopic (exact) mass is 310 g/mol. The molecule has 1 unspecified atom stereocenters. The van der Waals surface area contributed by atoms with Gasteiger partial charge >= 0.3 is 0 Å². The van der Waals surface area contributed by atoms with E-state index in [1.54, 1.807) is 31.1 Å². The van der Waals surface area contributed by atoms with Crippen LogP contribution in [0.4, 0.5) is 5.69 Å². The van der Waals surface area contributed by atoms with Gasteiger partial charge in [-0.05, 0) is 24.3 Å². The minimum absolute atomic E-state index is 0.0346. The SMILES string of the molecule is CN(C)C(=O)c1ccc(N2CC(Br)CC2=O)cc1. The van der Waals surface area contributed by atoms with Crippen LogP contribution in [0, 0.1) is 0 Å². The summed E-state index contributed by atoms with van der Waals surface area (Å²) in [6, 6.07) is 7.15. The third-order valence-corrected chi connectivity index (χ3v) is 3.52. The van der Waals surface area contributed by atoms with Crippen LogP contribution in [0.5, 0.6) is 0 Å². The van der Waals surface area contributed by atoms with Crippen molar-refractivity contribution in [1.82, 2.24) is 4.90 Å². The normalized spacial score (nSPS) is 19.2. The van der Waals surface area contributed by atoms with Crippen molar-refractivity contribution in [1.29, 1.82) is 0 Å². The zero-order chi connectivity index (χ0) is 13.3. The maximum atomic E-state index is 11.7. The summed E-state index contributed by atoms with van der Waals surface area (Å²) in [5, 5.41) is 0. The quantitative estimate of drug-likeness (QED) is 0.783. The number of benzene rings is 1. The molecule has 4 nitrogen and oxygen atoms in total. The van der Waals surface area contributed by atoms with Crippen molar-refractivity contribution >= 4 is 33.4 Å². The third-order valence-electron chi connectivity index (χ3n) is 2.91. The number of anilines is 1. The number of carbonyl (C=O) groups excluding carboxylic acids is 2. The summed E-state index contributed by atoms with van der Waals surface area (Å²) in [5.41, 5.74) is 1.48. The number of halogens is 1. The number of rotatable bonds is 2. The molecule has 1 fully saturated rings. The van der Waals surface area contributed by atoms with Gasteiger partial charge in [-0.3, -0.25) is 9.59 Å². The van der Waals surface area contributed by atoms with Gasteiger partial charge in [-0.25, -0.2) is 0 Å². The van der Waals surface area contributed by atoms with E-state index in [4.69, 9.17) is 0 Å². The Morgan fingerprint density at radius 2 is 1.94 bits per heavy atom. The topological polar surface area (TPSA) is 40.6 Å². The molecule has 5 heteroatoms. The number of carbonyl (C=O) groups is 2. The van der Waals surface area contributed by atoms with Crippen molar-refractivity contribution in [3.63, 3.8) is 0 Å². The van der Waals surface area contributed by atoms with Gasteiger partial charge in [0.15, 0.2) is 0 Å². The summed E-state index contributed by atoms with van der Waals surface area (Å²) in [7, 11) is 3.44. The summed E-state index contributed by atoms with van der Waals surface area (Å²) in [6.45, 7) is 0.680. The van der Waals surface area contributed by atoms with Crippen molar-refractivity contribution in [3.8, 4) is 0 Å². The van der Waals surface area contributed by atoms with Gasteiger partial charge in [-0.2, -0.15) is 0 Å². The van der Waals surface area contributed by atoms with E-state index in [2.05, 4.69) is 15.9 Å². The molecule has 2 amide bonds. The Morgan fingerprint density at radius 1 is 1.33 bits per heavy atom. The Morgan fingerprint density at radius 3 is 2.39 bits per heavy atom. The molecule has 2 rings (SSSR count). The number of amides is 2. The first-order chi connectivity index (χ1) is 8.49. The van der Waals surface area contributed by atoms with Crippen LogP contribution in [-0.2, 0) is 4.79 Å². The lowest BCUT2D eigenvalue weighted by atomic mass is 10.2. The molecule has 0 aromatic heterocycles. The molecule has 1 aromatic rings. The molecule has 1 aromatic carbocycles. The lowest BCUT2D eigenvalue weighted by molar-refractivity contribution is -0.117. The van der Waals surface area contributed by atoms with Gasteiger partial charge in [0.25, 0.3) is 5.91 Å². The smallest absolute Gasteiger partial charge is 0.253 e. The lowest BCUT2D eigenvalue weighted by Gasteiger charge is -2.17. The van der Waals surface area contributed by atoms with Gasteiger partial charge in [0.1, 0.15) is 0 Å². The number of alkyl halides is 1. The van der Waals surface area contributed by atoms with E-state index >= 15 is 0 Å². The molecular weight excluding hydrogens is 296 g/mol. The minimum Gasteiger partial charge on any atom is -0.345 e. The average molecular weight is 311 g/mol. The summed E-state index contributed by atoms with van der Waals surface area (Å²) < 4.78 is 0. The predicted molar refractivity (Wildman–Crippen MR) is 74.1 cm³/mol. The van der Waals surface area contributed by atoms with Gasteiger partial charge in [0.2, 0.25) is 5.91 Å². The Kier molecular flexibility index (Phi) is 3.71. The molecule has 1 aliphatic rings. The molecule has 18 heavy (non-hydrogen) atoms. The van der Waals surface area contributed by atoms with Gasteiger partial charge in [-0.15, -0.1) is 0 Å². The van der Waals surface area contributed by atoms with Gasteiger partial charge in [0, 0.05) is 43.1 Å². The van der Waals surface area contributed by atoms with Crippen molar-refractivity contribution < 1.29 is 9.59 Å². The maximum absolute atomic E-state index is 11.7. The highest BCUT2D eigenvalue weighted by Crippen LogP contribution is 2.25. The molecule has 0 aliphatic carbocycles. The van der Waals surface area contributed by atoms with E-state index in [0.29, 0.717) is 18.5 Å². The van der Waals surface area contributed by atoms with Crippen LogP contribution in [0.1, 0.15) is 16.8 Å². The fraction of sp³-hybridized carbons (Fsp3) is 0.385. The first-order valence-corrected chi connectivity index (χ1v) is 6.67. The van der Waals surface area contributed by atoms with Crippen LogP contribution >= 0.6 is 15.9 Å². The second-order valence-electron chi connectivity index (χ2n) is 4.55. The predicted octanol–water partition coefficient (Wildman–Crippen LogP) is 1.89. The molecule has 0 bridgehead atoms. The standard InChI is InChI=1S/C13H15BrN2O2/c1-15(2)13(18)9-3-5-11(6-4-9)16-8-10(14)7-12(16)17/h3-6,10H,7-8H2,1-2H3. The second kappa shape index (κ2) is 5.10. The summed E-state index contributed by atoms with van der Waals surface area (Å²) in [6.07, 6.45) is 0.526. The van der Waals surface area contributed by atoms with Crippen LogP contribution in [-0.4, -0.2) is 42.2 Å². The summed E-state index contributed by atoms with van der Waals surface area (Å²) in [5.74, 6) is 0.0798. The largest absolute Gasteiger partial charge is 0.345 e. The van der Waals surface area contributed by atoms with Crippen LogP contribution < -0.4 is 4.90 Å². The highest BCUT2D eigenvalue weighted by atomic mass is 79.9. The average Bonchev–Trinajstić information content (AvgIpc) is 2.67. The molecular formula is C13H15BrN2O2. The van der Waals surface area contributed by atoms with Crippen LogP contribution in [0.2, 0.25) is 0 Å². The van der Waals surface area contributed by atoms with Crippen LogP contribution in [0.3, 0.4) is 0 Å². The van der Waals surface area contributed by atoms with Crippen LogP contribution in [0.25, 0.3) is 0 Å². The molecule has 0 saturated carbocycles. The Bertz CT molecular complexity index is 470. The summed E-state index contributed by atoms with van der Waals surface area (Å²) >= 11 is 3.45. The molecule has 0 radical (unpaired) electrons. The fourth-order valence-corrected chi connectivity index (χ4v) is 2.52. The van der Waals surface area contributed by atoms with E-state index in [9.17, 15) is 9.59 Å². The maximum Gasteiger partial charge on any atom is 0.253 e. The lowest BCUT2D eigenvalue weighted by Crippen LogP contribution is -2.25. The summed E-state index contributed by atoms with van der Waals surface area (Å²) in [4.78, 5) is 27.0. The van der Waals surface area contributed by atoms with Gasteiger partial charge in [-0.1, -0.05) is 15.9 Å². The third kappa shape index (κ3) is 2.56. The molecule has 0 spiro atoms. The second-order valence-corrected chi connectivity index (χ2v) is 5.85. The van der Waals surface area contributed by atoms with Crippen molar-refractivity contribution in [2.45, 2.75) is 11.2 Å². The molecule has 0 N–H and O–H groups in total. The highest BCUT2D eigenvalue weighted by Gasteiger charge is 2.28. The van der Waals surface area contributed by atoms with E-state index in [-0.39, 0.29) is 16.6 Å². The van der Waals surface area contributed by atoms with E-state index in [1.165, 1.54) is 4.90 Å². The van der Waals surface area contributed by atoms with Crippen molar-refractivity contribution in [2.24, 2.45) is 0 Å². The Labute approximate surface area is 115 Å². The Hall–Kier alpha value is -1.36. The van der Waals surface area contributed by atoms with E-state index in [1.807, 2.05) is 12.1 Å². The highest BCUT2D eigenvalue weighted by molar-refractivity contribution is 9.09. The molecule has 96 valence electrons. The van der Waals surface area contributed by atoms with Crippen molar-refractivity contribution in [2.75, 3.05) is 25.5 Å². The number of hydrogen-bond donors (Lipinski definition) is 0. The van der Waals surface area contributed by atoms with Crippen LogP contribution in [0.15, 0.2) is 24.3 Å². The van der Waals surface area contributed by atoms with E-state index < -0.39 is 0 Å². The molecule has 1 heterocycles. The zero-order valence-corrected chi connectivity index (χ0v) is 12.0.